The quantitative estimate of drug-likeness (QED) is 0.843. The van der Waals surface area contributed by atoms with Gasteiger partial charge in [-0.05, 0) is 30.5 Å². The van der Waals surface area contributed by atoms with Gasteiger partial charge in [0.2, 0.25) is 0 Å². The van der Waals surface area contributed by atoms with E-state index in [1.807, 2.05) is 29.2 Å². The molecule has 4 heteroatoms. The fourth-order valence-corrected chi connectivity index (χ4v) is 2.53. The number of aromatic nitrogens is 1. The lowest BCUT2D eigenvalue weighted by molar-refractivity contribution is 0.0656. The molecule has 0 saturated carbocycles. The standard InChI is InChI=1S/C15H17N3O/c1-11-9-17-6-7-18(11)15(19)13-3-2-12-4-5-16-10-14(12)8-13/h2-5,8,10-11,17H,6-7,9H2,1H3/t11-/m1/s1. The van der Waals surface area contributed by atoms with Crippen molar-refractivity contribution in [3.05, 3.63) is 42.2 Å². The number of piperazine rings is 1. The van der Waals surface area contributed by atoms with Crippen LogP contribution in [0.15, 0.2) is 36.7 Å². The van der Waals surface area contributed by atoms with E-state index < -0.39 is 0 Å². The first kappa shape index (κ1) is 12.1. The van der Waals surface area contributed by atoms with E-state index in [0.717, 1.165) is 36.0 Å². The smallest absolute Gasteiger partial charge is 0.254 e. The molecule has 1 N–H and O–H groups in total. The molecule has 1 aromatic carbocycles. The first-order valence-electron chi connectivity index (χ1n) is 6.61. The first-order valence-corrected chi connectivity index (χ1v) is 6.61. The summed E-state index contributed by atoms with van der Waals surface area (Å²) in [7, 11) is 0. The minimum Gasteiger partial charge on any atom is -0.333 e. The zero-order chi connectivity index (χ0) is 13.2. The van der Waals surface area contributed by atoms with Crippen molar-refractivity contribution in [1.82, 2.24) is 15.2 Å². The van der Waals surface area contributed by atoms with Gasteiger partial charge in [-0.2, -0.15) is 0 Å². The number of amides is 1. The van der Waals surface area contributed by atoms with Crippen LogP contribution in [0, 0.1) is 0 Å². The number of nitrogens with zero attached hydrogens (tertiary/aromatic N) is 2. The van der Waals surface area contributed by atoms with Gasteiger partial charge < -0.3 is 10.2 Å². The van der Waals surface area contributed by atoms with Crippen LogP contribution in [0.5, 0.6) is 0 Å². The Kier molecular flexibility index (Phi) is 3.17. The molecule has 19 heavy (non-hydrogen) atoms. The minimum atomic E-state index is 0.111. The van der Waals surface area contributed by atoms with E-state index in [-0.39, 0.29) is 11.9 Å². The number of carbonyl (C=O) groups is 1. The number of hydrogen-bond acceptors (Lipinski definition) is 3. The Morgan fingerprint density at radius 3 is 3.11 bits per heavy atom. The number of benzene rings is 1. The van der Waals surface area contributed by atoms with Gasteiger partial charge in [-0.3, -0.25) is 9.78 Å². The summed E-state index contributed by atoms with van der Waals surface area (Å²) in [4.78, 5) is 18.6. The molecular weight excluding hydrogens is 238 g/mol. The summed E-state index contributed by atoms with van der Waals surface area (Å²) in [6, 6.07) is 8.01. The number of rotatable bonds is 1. The monoisotopic (exact) mass is 255 g/mol. The van der Waals surface area contributed by atoms with E-state index in [0.29, 0.717) is 0 Å². The molecular formula is C15H17N3O. The highest BCUT2D eigenvalue weighted by atomic mass is 16.2. The van der Waals surface area contributed by atoms with E-state index >= 15 is 0 Å². The molecule has 3 rings (SSSR count). The summed E-state index contributed by atoms with van der Waals surface area (Å²) in [5.74, 6) is 0.111. The molecule has 1 fully saturated rings. The van der Waals surface area contributed by atoms with Gasteiger partial charge in [-0.15, -0.1) is 0 Å². The highest BCUT2D eigenvalue weighted by molar-refractivity contribution is 5.98. The van der Waals surface area contributed by atoms with Crippen LogP contribution in [-0.2, 0) is 0 Å². The van der Waals surface area contributed by atoms with Crippen molar-refractivity contribution in [2.75, 3.05) is 19.6 Å². The molecule has 1 aliphatic rings. The van der Waals surface area contributed by atoms with E-state index in [1.54, 1.807) is 12.4 Å². The molecule has 2 heterocycles. The average molecular weight is 255 g/mol. The maximum Gasteiger partial charge on any atom is 0.254 e. The lowest BCUT2D eigenvalue weighted by atomic mass is 10.1. The van der Waals surface area contributed by atoms with Crippen molar-refractivity contribution >= 4 is 16.7 Å². The highest BCUT2D eigenvalue weighted by Crippen LogP contribution is 2.17. The lowest BCUT2D eigenvalue weighted by Crippen LogP contribution is -2.52. The normalized spacial score (nSPS) is 19.6. The van der Waals surface area contributed by atoms with E-state index in [2.05, 4.69) is 17.2 Å². The molecule has 1 aromatic heterocycles. The third-order valence-corrected chi connectivity index (χ3v) is 3.65. The van der Waals surface area contributed by atoms with Gasteiger partial charge in [0.1, 0.15) is 0 Å². The Hall–Kier alpha value is -1.94. The van der Waals surface area contributed by atoms with Gasteiger partial charge in [0, 0.05) is 49.0 Å². The fourth-order valence-electron chi connectivity index (χ4n) is 2.53. The highest BCUT2D eigenvalue weighted by Gasteiger charge is 2.23. The topological polar surface area (TPSA) is 45.2 Å². The number of fused-ring (bicyclic) bond motifs is 1. The minimum absolute atomic E-state index is 0.111. The summed E-state index contributed by atoms with van der Waals surface area (Å²) in [6.45, 7) is 4.57. The van der Waals surface area contributed by atoms with Crippen LogP contribution < -0.4 is 5.32 Å². The van der Waals surface area contributed by atoms with Crippen LogP contribution in [0.2, 0.25) is 0 Å². The Bertz CT molecular complexity index is 611. The number of pyridine rings is 1. The van der Waals surface area contributed by atoms with Crippen molar-refractivity contribution in [1.29, 1.82) is 0 Å². The average Bonchev–Trinajstić information content (AvgIpc) is 2.46. The van der Waals surface area contributed by atoms with Gasteiger partial charge >= 0.3 is 0 Å². The van der Waals surface area contributed by atoms with E-state index in [9.17, 15) is 4.79 Å². The number of carbonyl (C=O) groups excluding carboxylic acids is 1. The van der Waals surface area contributed by atoms with Crippen LogP contribution in [0.3, 0.4) is 0 Å². The molecule has 1 saturated heterocycles. The van der Waals surface area contributed by atoms with Crippen molar-refractivity contribution < 1.29 is 4.79 Å². The van der Waals surface area contributed by atoms with Gasteiger partial charge in [0.15, 0.2) is 0 Å². The van der Waals surface area contributed by atoms with Crippen LogP contribution in [0.1, 0.15) is 17.3 Å². The molecule has 1 aliphatic heterocycles. The molecule has 1 amide bonds. The summed E-state index contributed by atoms with van der Waals surface area (Å²) < 4.78 is 0. The van der Waals surface area contributed by atoms with Gasteiger partial charge in [-0.25, -0.2) is 0 Å². The fraction of sp³-hybridized carbons (Fsp3) is 0.333. The molecule has 0 radical (unpaired) electrons. The number of nitrogens with one attached hydrogen (secondary N) is 1. The first-order chi connectivity index (χ1) is 9.25. The van der Waals surface area contributed by atoms with Crippen LogP contribution >= 0.6 is 0 Å². The Morgan fingerprint density at radius 2 is 2.26 bits per heavy atom. The molecule has 0 spiro atoms. The molecule has 2 aromatic rings. The van der Waals surface area contributed by atoms with Crippen LogP contribution in [-0.4, -0.2) is 41.5 Å². The van der Waals surface area contributed by atoms with Crippen molar-refractivity contribution in [3.8, 4) is 0 Å². The van der Waals surface area contributed by atoms with Crippen LogP contribution in [0.25, 0.3) is 10.8 Å². The lowest BCUT2D eigenvalue weighted by Gasteiger charge is -2.34. The third-order valence-electron chi connectivity index (χ3n) is 3.65. The van der Waals surface area contributed by atoms with E-state index in [1.165, 1.54) is 0 Å². The molecule has 1 atom stereocenters. The third kappa shape index (κ3) is 2.31. The maximum atomic E-state index is 12.5. The zero-order valence-electron chi connectivity index (χ0n) is 11.0. The second-order valence-corrected chi connectivity index (χ2v) is 4.99. The second kappa shape index (κ2) is 4.97. The van der Waals surface area contributed by atoms with Crippen molar-refractivity contribution in [3.63, 3.8) is 0 Å². The molecule has 0 unspecified atom stereocenters. The van der Waals surface area contributed by atoms with Gasteiger partial charge in [0.05, 0.1) is 0 Å². The SMILES string of the molecule is C[C@@H]1CNCCN1C(=O)c1ccc2ccncc2c1. The molecule has 98 valence electrons. The van der Waals surface area contributed by atoms with Gasteiger partial charge in [0.25, 0.3) is 5.91 Å². The second-order valence-electron chi connectivity index (χ2n) is 4.99. The summed E-state index contributed by atoms with van der Waals surface area (Å²) in [5, 5.41) is 5.42. The Morgan fingerprint density at radius 1 is 1.37 bits per heavy atom. The van der Waals surface area contributed by atoms with Crippen LogP contribution in [0.4, 0.5) is 0 Å². The summed E-state index contributed by atoms with van der Waals surface area (Å²) >= 11 is 0. The van der Waals surface area contributed by atoms with Gasteiger partial charge in [-0.1, -0.05) is 6.07 Å². The van der Waals surface area contributed by atoms with E-state index in [4.69, 9.17) is 0 Å². The molecule has 0 aliphatic carbocycles. The predicted molar refractivity (Wildman–Crippen MR) is 75.1 cm³/mol. The largest absolute Gasteiger partial charge is 0.333 e. The summed E-state index contributed by atoms with van der Waals surface area (Å²) in [6.07, 6.45) is 3.56. The summed E-state index contributed by atoms with van der Waals surface area (Å²) in [5.41, 5.74) is 0.745. The maximum absolute atomic E-state index is 12.5. The Balaban J connectivity index is 1.92. The Labute approximate surface area is 112 Å². The predicted octanol–water partition coefficient (Wildman–Crippen LogP) is 1.67. The number of hydrogen-bond donors (Lipinski definition) is 1. The molecule has 4 nitrogen and oxygen atoms in total. The van der Waals surface area contributed by atoms with Crippen molar-refractivity contribution in [2.45, 2.75) is 13.0 Å². The molecule has 0 bridgehead atoms. The zero-order valence-corrected chi connectivity index (χ0v) is 11.0. The van der Waals surface area contributed by atoms with Crippen molar-refractivity contribution in [2.24, 2.45) is 0 Å².